The van der Waals surface area contributed by atoms with Crippen molar-refractivity contribution in [1.29, 1.82) is 0 Å². The van der Waals surface area contributed by atoms with Crippen molar-refractivity contribution < 1.29 is 46.1 Å². The van der Waals surface area contributed by atoms with Gasteiger partial charge in [-0.15, -0.1) is 0 Å². The van der Waals surface area contributed by atoms with E-state index in [1.54, 1.807) is 19.9 Å². The van der Waals surface area contributed by atoms with Gasteiger partial charge in [-0.1, -0.05) is 37.6 Å². The van der Waals surface area contributed by atoms with Crippen molar-refractivity contribution in [3.05, 3.63) is 82.2 Å². The summed E-state index contributed by atoms with van der Waals surface area (Å²) in [6.45, 7) is 4.49. The van der Waals surface area contributed by atoms with Crippen molar-refractivity contribution in [2.24, 2.45) is 0 Å². The summed E-state index contributed by atoms with van der Waals surface area (Å²) >= 11 is 0. The Hall–Kier alpha value is -2.89. The third-order valence-electron chi connectivity index (χ3n) is 4.86. The molecule has 0 bridgehead atoms. The number of hydrogen-bond donors (Lipinski definition) is 0. The van der Waals surface area contributed by atoms with E-state index >= 15 is 0 Å². The van der Waals surface area contributed by atoms with Crippen LogP contribution in [0, 0.1) is 38.2 Å². The zero-order valence-corrected chi connectivity index (χ0v) is 18.5. The van der Waals surface area contributed by atoms with Crippen molar-refractivity contribution >= 4 is 10.2 Å². The molecule has 1 nitrogen and oxygen atoms in total. The SMILES string of the molecule is Cc1cc(C)c(-c2ccc(C(F)(F)Oc3cc(F)c(S(F)(F)(F)(F)F)c(F)c3)c(C)c2)c(F)c1. The summed E-state index contributed by atoms with van der Waals surface area (Å²) in [7, 11) is -10.8. The number of halogens is 10. The molecule has 0 N–H and O–H groups in total. The molecule has 0 radical (unpaired) electrons. The highest BCUT2D eigenvalue weighted by Gasteiger charge is 2.69. The van der Waals surface area contributed by atoms with E-state index in [0.717, 1.165) is 12.1 Å². The molecule has 0 amide bonds. The van der Waals surface area contributed by atoms with Crippen molar-refractivity contribution in [2.75, 3.05) is 0 Å². The Bertz CT molecular complexity index is 1250. The summed E-state index contributed by atoms with van der Waals surface area (Å²) in [4.78, 5) is -3.45. The van der Waals surface area contributed by atoms with E-state index in [2.05, 4.69) is 4.74 Å². The number of alkyl halides is 2. The van der Waals surface area contributed by atoms with E-state index in [-0.39, 0.29) is 16.7 Å². The number of benzene rings is 3. The maximum absolute atomic E-state index is 14.7. The van der Waals surface area contributed by atoms with E-state index < -0.39 is 62.1 Å². The van der Waals surface area contributed by atoms with Gasteiger partial charge >= 0.3 is 16.3 Å². The van der Waals surface area contributed by atoms with Gasteiger partial charge in [-0.25, -0.2) is 13.2 Å². The van der Waals surface area contributed by atoms with Gasteiger partial charge in [0.2, 0.25) is 0 Å². The molecule has 186 valence electrons. The molecule has 3 aromatic carbocycles. The van der Waals surface area contributed by atoms with E-state index in [9.17, 15) is 41.4 Å². The first-order chi connectivity index (χ1) is 15.2. The van der Waals surface area contributed by atoms with Crippen LogP contribution in [0.2, 0.25) is 0 Å². The lowest BCUT2D eigenvalue weighted by molar-refractivity contribution is -0.186. The van der Waals surface area contributed by atoms with Crippen LogP contribution in [0.5, 0.6) is 5.75 Å². The first-order valence-electron chi connectivity index (χ1n) is 9.38. The maximum Gasteiger partial charge on any atom is 0.426 e. The standard InChI is InChI=1S/C22H16F10OS/c1-11-6-13(3)20(17(23)7-11)14-4-5-16(12(2)8-14)22(26,27)33-15-9-18(24)21(19(25)10-15)34(28,29,30,31)32/h4-10H,1-3H3. The van der Waals surface area contributed by atoms with Gasteiger partial charge in [-0.05, 0) is 55.2 Å². The molecule has 0 unspecified atom stereocenters. The molecule has 3 aromatic rings. The summed E-state index contributed by atoms with van der Waals surface area (Å²) in [5.41, 5.74) is 0.570. The fourth-order valence-corrected chi connectivity index (χ4v) is 4.45. The van der Waals surface area contributed by atoms with E-state index in [1.165, 1.54) is 19.1 Å². The predicted octanol–water partition coefficient (Wildman–Crippen LogP) is 9.48. The van der Waals surface area contributed by atoms with Crippen LogP contribution in [-0.4, -0.2) is 0 Å². The molecule has 0 aliphatic rings. The van der Waals surface area contributed by atoms with Crippen molar-refractivity contribution in [3.63, 3.8) is 0 Å². The lowest BCUT2D eigenvalue weighted by Gasteiger charge is -2.40. The number of aryl methyl sites for hydroxylation is 3. The van der Waals surface area contributed by atoms with Gasteiger partial charge in [0.15, 0.2) is 16.5 Å². The van der Waals surface area contributed by atoms with Crippen LogP contribution in [0.25, 0.3) is 11.1 Å². The number of rotatable bonds is 5. The highest BCUT2D eigenvalue weighted by Crippen LogP contribution is 3.02. The summed E-state index contributed by atoms with van der Waals surface area (Å²) in [5.74, 6) is -7.65. The Balaban J connectivity index is 2.00. The molecule has 0 aliphatic carbocycles. The highest BCUT2D eigenvalue weighted by molar-refractivity contribution is 8.45. The monoisotopic (exact) mass is 518 g/mol. The minimum absolute atomic E-state index is 0.147. The summed E-state index contributed by atoms with van der Waals surface area (Å²) in [6.07, 6.45) is -4.33. The Kier molecular flexibility index (Phi) is 5.53. The summed E-state index contributed by atoms with van der Waals surface area (Å²) in [6, 6.07) is 5.31. The topological polar surface area (TPSA) is 9.23 Å². The van der Waals surface area contributed by atoms with E-state index in [0.29, 0.717) is 11.1 Å². The van der Waals surface area contributed by atoms with E-state index in [4.69, 9.17) is 0 Å². The van der Waals surface area contributed by atoms with Gasteiger partial charge in [0, 0.05) is 17.7 Å². The Labute approximate surface area is 187 Å². The predicted molar refractivity (Wildman–Crippen MR) is 108 cm³/mol. The molecule has 0 aromatic heterocycles. The summed E-state index contributed by atoms with van der Waals surface area (Å²) < 4.78 is 140. The van der Waals surface area contributed by atoms with Crippen LogP contribution in [0.4, 0.5) is 41.4 Å². The van der Waals surface area contributed by atoms with Gasteiger partial charge in [0.05, 0.1) is 5.56 Å². The van der Waals surface area contributed by atoms with Crippen LogP contribution in [0.1, 0.15) is 22.3 Å². The molecule has 34 heavy (non-hydrogen) atoms. The molecular formula is C22H16F10OS. The molecule has 0 aliphatic heterocycles. The Morgan fingerprint density at radius 2 is 1.26 bits per heavy atom. The van der Waals surface area contributed by atoms with Crippen molar-refractivity contribution in [3.8, 4) is 16.9 Å². The fourth-order valence-electron chi connectivity index (χ4n) is 3.59. The largest absolute Gasteiger partial charge is 0.429 e. The molecule has 3 rings (SSSR count). The minimum Gasteiger partial charge on any atom is -0.429 e. The van der Waals surface area contributed by atoms with E-state index in [1.807, 2.05) is 0 Å². The third kappa shape index (κ3) is 5.11. The molecule has 0 saturated carbocycles. The van der Waals surface area contributed by atoms with Crippen LogP contribution in [0.3, 0.4) is 0 Å². The molecule has 0 spiro atoms. The van der Waals surface area contributed by atoms with Crippen LogP contribution >= 0.6 is 10.2 Å². The second-order valence-corrected chi connectivity index (χ2v) is 10.1. The maximum atomic E-state index is 14.7. The smallest absolute Gasteiger partial charge is 0.426 e. The molecule has 0 fully saturated rings. The molecule has 0 heterocycles. The molecule has 12 heteroatoms. The van der Waals surface area contributed by atoms with Crippen LogP contribution in [-0.2, 0) is 6.11 Å². The number of ether oxygens (including phenoxy) is 1. The normalized spacial score (nSPS) is 14.5. The lowest BCUT2D eigenvalue weighted by atomic mass is 9.95. The van der Waals surface area contributed by atoms with Crippen molar-refractivity contribution in [1.82, 2.24) is 0 Å². The third-order valence-corrected chi connectivity index (χ3v) is 6.03. The van der Waals surface area contributed by atoms with Gasteiger partial charge < -0.3 is 4.74 Å². The molecular weight excluding hydrogens is 502 g/mol. The van der Waals surface area contributed by atoms with Crippen LogP contribution < -0.4 is 4.74 Å². The molecule has 0 saturated heterocycles. The zero-order chi connectivity index (χ0) is 25.9. The second kappa shape index (κ2) is 7.30. The minimum atomic E-state index is -10.8. The van der Waals surface area contributed by atoms with Gasteiger partial charge in [0.25, 0.3) is 0 Å². The fraction of sp³-hybridized carbons (Fsp3) is 0.182. The summed E-state index contributed by atoms with van der Waals surface area (Å²) in [5, 5.41) is 0. The van der Waals surface area contributed by atoms with Gasteiger partial charge in [-0.3, -0.25) is 0 Å². The zero-order valence-electron chi connectivity index (χ0n) is 17.6. The Morgan fingerprint density at radius 1 is 0.706 bits per heavy atom. The quantitative estimate of drug-likeness (QED) is 0.306. The average Bonchev–Trinajstić information content (AvgIpc) is 2.56. The second-order valence-electron chi connectivity index (χ2n) is 7.77. The van der Waals surface area contributed by atoms with Crippen LogP contribution in [0.15, 0.2) is 47.4 Å². The van der Waals surface area contributed by atoms with Gasteiger partial charge in [-0.2, -0.15) is 8.78 Å². The first-order valence-corrected chi connectivity index (χ1v) is 11.3. The van der Waals surface area contributed by atoms with Gasteiger partial charge in [0.1, 0.15) is 11.6 Å². The molecule has 0 atom stereocenters. The van der Waals surface area contributed by atoms with Crippen molar-refractivity contribution in [2.45, 2.75) is 31.8 Å². The number of hydrogen-bond acceptors (Lipinski definition) is 1. The first kappa shape index (κ1) is 25.7. The highest BCUT2D eigenvalue weighted by atomic mass is 32.5. The Morgan fingerprint density at radius 3 is 1.74 bits per heavy atom. The lowest BCUT2D eigenvalue weighted by Crippen LogP contribution is -2.23. The average molecular weight is 518 g/mol.